The molecule has 0 bridgehead atoms. The van der Waals surface area contributed by atoms with Crippen LogP contribution in [0.4, 0.5) is 0 Å². The number of hydrogen-bond acceptors (Lipinski definition) is 0. The first-order valence-electron chi connectivity index (χ1n) is 4.56. The molecule has 0 aliphatic rings. The zero-order chi connectivity index (χ0) is 9.03. The van der Waals surface area contributed by atoms with E-state index in [1.807, 2.05) is 0 Å². The van der Waals surface area contributed by atoms with Crippen LogP contribution in [0.3, 0.4) is 0 Å². The van der Waals surface area contributed by atoms with Crippen LogP contribution in [0.2, 0.25) is 0 Å². The van der Waals surface area contributed by atoms with Crippen LogP contribution in [0.15, 0.2) is 30.3 Å². The van der Waals surface area contributed by atoms with E-state index in [9.17, 15) is 0 Å². The van der Waals surface area contributed by atoms with E-state index < -0.39 is 0 Å². The van der Waals surface area contributed by atoms with Crippen LogP contribution in [0.1, 0.15) is 32.8 Å². The van der Waals surface area contributed by atoms with Crippen molar-refractivity contribution < 1.29 is 0 Å². The number of benzene rings is 1. The molecule has 1 aromatic carbocycles. The topological polar surface area (TPSA) is 0 Å². The zero-order valence-corrected chi connectivity index (χ0v) is 8.17. The molecule has 0 aliphatic heterocycles. The molecule has 1 rings (SSSR count). The van der Waals surface area contributed by atoms with Gasteiger partial charge >= 0.3 is 0 Å². The number of rotatable bonds is 3. The zero-order valence-electron chi connectivity index (χ0n) is 8.17. The third-order valence-electron chi connectivity index (χ3n) is 2.23. The quantitative estimate of drug-likeness (QED) is 0.635. The van der Waals surface area contributed by atoms with Crippen LogP contribution in [-0.2, 0) is 5.41 Å². The molecule has 0 saturated heterocycles. The van der Waals surface area contributed by atoms with Gasteiger partial charge in [-0.15, -0.1) is 0 Å². The van der Waals surface area contributed by atoms with Crippen LogP contribution in [-0.4, -0.2) is 0 Å². The van der Waals surface area contributed by atoms with Gasteiger partial charge in [0.25, 0.3) is 0 Å². The molecule has 0 spiro atoms. The van der Waals surface area contributed by atoms with Crippen molar-refractivity contribution >= 4 is 0 Å². The van der Waals surface area contributed by atoms with Crippen molar-refractivity contribution in [1.29, 1.82) is 0 Å². The van der Waals surface area contributed by atoms with Crippen LogP contribution >= 0.6 is 0 Å². The lowest BCUT2D eigenvalue weighted by Gasteiger charge is -2.24. The van der Waals surface area contributed by atoms with Gasteiger partial charge in [-0.2, -0.15) is 0 Å². The third-order valence-corrected chi connectivity index (χ3v) is 2.23. The van der Waals surface area contributed by atoms with E-state index in [2.05, 4.69) is 57.5 Å². The second kappa shape index (κ2) is 3.75. The Kier molecular flexibility index (Phi) is 2.91. The van der Waals surface area contributed by atoms with E-state index in [1.54, 1.807) is 0 Å². The molecule has 0 heteroatoms. The predicted molar refractivity (Wildman–Crippen MR) is 54.1 cm³/mol. The van der Waals surface area contributed by atoms with Crippen LogP contribution in [0, 0.1) is 6.42 Å². The molecule has 0 heterocycles. The molecular weight excluding hydrogens is 144 g/mol. The first kappa shape index (κ1) is 9.31. The van der Waals surface area contributed by atoms with Gasteiger partial charge in [0.2, 0.25) is 0 Å². The Balaban J connectivity index is 2.82. The Morgan fingerprint density at radius 3 is 2.25 bits per heavy atom. The fourth-order valence-electron chi connectivity index (χ4n) is 1.50. The lowest BCUT2D eigenvalue weighted by Crippen LogP contribution is -2.16. The van der Waals surface area contributed by atoms with Gasteiger partial charge in [0.05, 0.1) is 0 Å². The maximum Gasteiger partial charge on any atom is -0.00725 e. The Hall–Kier alpha value is -0.780. The minimum atomic E-state index is 0.218. The summed E-state index contributed by atoms with van der Waals surface area (Å²) in [5, 5.41) is 0. The first-order valence-corrected chi connectivity index (χ1v) is 4.56. The average Bonchev–Trinajstić information content (AvgIpc) is 2.06. The summed E-state index contributed by atoms with van der Waals surface area (Å²) in [5.41, 5.74) is 1.61. The molecule has 0 saturated carbocycles. The van der Waals surface area contributed by atoms with Crippen LogP contribution in [0.5, 0.6) is 0 Å². The van der Waals surface area contributed by atoms with Crippen molar-refractivity contribution in [2.75, 3.05) is 0 Å². The monoisotopic (exact) mass is 161 g/mol. The van der Waals surface area contributed by atoms with Gasteiger partial charge in [-0.05, 0) is 17.4 Å². The normalized spacial score (nSPS) is 11.6. The number of hydrogen-bond donors (Lipinski definition) is 0. The van der Waals surface area contributed by atoms with Gasteiger partial charge in [0.15, 0.2) is 0 Å². The maximum absolute atomic E-state index is 2.35. The van der Waals surface area contributed by atoms with E-state index in [1.165, 1.54) is 5.56 Å². The minimum absolute atomic E-state index is 0.218. The summed E-state index contributed by atoms with van der Waals surface area (Å²) in [5.74, 6) is 0. The molecule has 0 aliphatic carbocycles. The summed E-state index contributed by atoms with van der Waals surface area (Å²) in [6.07, 6.45) is 3.48. The second-order valence-corrected chi connectivity index (χ2v) is 3.70. The Labute approximate surface area is 75.6 Å². The fourth-order valence-corrected chi connectivity index (χ4v) is 1.50. The predicted octanol–water partition coefficient (Wildman–Crippen LogP) is 3.58. The van der Waals surface area contributed by atoms with Crippen molar-refractivity contribution in [3.05, 3.63) is 42.3 Å². The molecule has 1 radical (unpaired) electrons. The molecule has 0 nitrogen and oxygen atoms in total. The van der Waals surface area contributed by atoms with Gasteiger partial charge in [-0.1, -0.05) is 57.5 Å². The highest BCUT2D eigenvalue weighted by Gasteiger charge is 2.18. The Morgan fingerprint density at radius 1 is 1.17 bits per heavy atom. The molecule has 65 valence electrons. The highest BCUT2D eigenvalue weighted by molar-refractivity contribution is 5.26. The standard InChI is InChI=1S/C12H17/c1-4-10-12(2,3)11-8-6-5-7-9-11/h5-10H,4H2,1-3H3. The molecule has 0 N–H and O–H groups in total. The van der Waals surface area contributed by atoms with E-state index in [-0.39, 0.29) is 5.41 Å². The van der Waals surface area contributed by atoms with E-state index in [0.29, 0.717) is 0 Å². The Bertz CT molecular complexity index is 221. The first-order chi connectivity index (χ1) is 5.67. The molecule has 12 heavy (non-hydrogen) atoms. The molecule has 0 fully saturated rings. The molecule has 0 aromatic heterocycles. The van der Waals surface area contributed by atoms with E-state index >= 15 is 0 Å². The summed E-state index contributed by atoms with van der Waals surface area (Å²) in [6, 6.07) is 10.6. The lowest BCUT2D eigenvalue weighted by molar-refractivity contribution is 0.593. The van der Waals surface area contributed by atoms with Gasteiger partial charge in [-0.3, -0.25) is 0 Å². The average molecular weight is 161 g/mol. The maximum atomic E-state index is 2.35. The van der Waals surface area contributed by atoms with Gasteiger partial charge in [-0.25, -0.2) is 0 Å². The SMILES string of the molecule is CC[CH]C(C)(C)c1ccccc1. The Morgan fingerprint density at radius 2 is 1.75 bits per heavy atom. The minimum Gasteiger partial charge on any atom is -0.0651 e. The lowest BCUT2D eigenvalue weighted by atomic mass is 9.81. The van der Waals surface area contributed by atoms with Crippen molar-refractivity contribution in [3.63, 3.8) is 0 Å². The summed E-state index contributed by atoms with van der Waals surface area (Å²) in [6.45, 7) is 6.70. The van der Waals surface area contributed by atoms with Crippen molar-refractivity contribution in [3.8, 4) is 0 Å². The van der Waals surface area contributed by atoms with Crippen LogP contribution in [0.25, 0.3) is 0 Å². The van der Waals surface area contributed by atoms with Gasteiger partial charge in [0.1, 0.15) is 0 Å². The molecule has 0 amide bonds. The third kappa shape index (κ3) is 2.10. The van der Waals surface area contributed by atoms with Gasteiger partial charge in [0, 0.05) is 0 Å². The van der Waals surface area contributed by atoms with Crippen LogP contribution < -0.4 is 0 Å². The summed E-state index contributed by atoms with van der Waals surface area (Å²) in [4.78, 5) is 0. The summed E-state index contributed by atoms with van der Waals surface area (Å²) >= 11 is 0. The highest BCUT2D eigenvalue weighted by Crippen LogP contribution is 2.26. The molecule has 1 aromatic rings. The van der Waals surface area contributed by atoms with Crippen molar-refractivity contribution in [2.24, 2.45) is 0 Å². The fraction of sp³-hybridized carbons (Fsp3) is 0.417. The second-order valence-electron chi connectivity index (χ2n) is 3.70. The summed E-state index contributed by atoms with van der Waals surface area (Å²) in [7, 11) is 0. The molecule has 0 atom stereocenters. The van der Waals surface area contributed by atoms with Gasteiger partial charge < -0.3 is 0 Å². The van der Waals surface area contributed by atoms with Crippen molar-refractivity contribution in [1.82, 2.24) is 0 Å². The largest absolute Gasteiger partial charge is 0.0651 e. The van der Waals surface area contributed by atoms with E-state index in [4.69, 9.17) is 0 Å². The van der Waals surface area contributed by atoms with E-state index in [0.717, 1.165) is 6.42 Å². The van der Waals surface area contributed by atoms with Crippen molar-refractivity contribution in [2.45, 2.75) is 32.6 Å². The highest BCUT2D eigenvalue weighted by atomic mass is 14.2. The summed E-state index contributed by atoms with van der Waals surface area (Å²) < 4.78 is 0. The molecular formula is C12H17. The molecule has 0 unspecified atom stereocenters. The smallest absolute Gasteiger partial charge is 0.00725 e.